The topological polar surface area (TPSA) is 52.2 Å². The van der Waals surface area contributed by atoms with Gasteiger partial charge in [0.1, 0.15) is 5.82 Å². The number of fused-ring (bicyclic) bond motifs is 3. The smallest absolute Gasteiger partial charge is 0.234 e. The fourth-order valence-electron chi connectivity index (χ4n) is 2.53. The number of rotatable bonds is 3. The standard InChI is InChI=1S/C15H12N4OS/c1-10-16-15-18(9-13(20)14-7-4-8-21-14)11-5-2-3-6-12(11)19(15)17-10/h2-8H,9H2,1H3. The van der Waals surface area contributed by atoms with Crippen molar-refractivity contribution in [2.75, 3.05) is 0 Å². The van der Waals surface area contributed by atoms with Gasteiger partial charge in [-0.2, -0.15) is 9.50 Å². The van der Waals surface area contributed by atoms with Gasteiger partial charge in [0.2, 0.25) is 5.78 Å². The van der Waals surface area contributed by atoms with Crippen LogP contribution in [0.2, 0.25) is 0 Å². The van der Waals surface area contributed by atoms with Crippen molar-refractivity contribution in [3.63, 3.8) is 0 Å². The first-order valence-electron chi connectivity index (χ1n) is 6.61. The molecule has 0 saturated carbocycles. The lowest BCUT2D eigenvalue weighted by molar-refractivity contribution is 0.0978. The third-order valence-electron chi connectivity index (χ3n) is 3.44. The highest BCUT2D eigenvalue weighted by molar-refractivity contribution is 7.12. The third-order valence-corrected chi connectivity index (χ3v) is 4.35. The predicted molar refractivity (Wildman–Crippen MR) is 81.9 cm³/mol. The fourth-order valence-corrected chi connectivity index (χ4v) is 3.19. The number of carbonyl (C=O) groups excluding carboxylic acids is 1. The molecule has 4 aromatic rings. The highest BCUT2D eigenvalue weighted by Crippen LogP contribution is 2.21. The number of thiophene rings is 1. The molecule has 0 aliphatic heterocycles. The molecule has 0 aliphatic rings. The molecule has 0 radical (unpaired) electrons. The molecule has 0 amide bonds. The Hall–Kier alpha value is -2.47. The number of ketones is 1. The molecular weight excluding hydrogens is 284 g/mol. The molecule has 0 aliphatic carbocycles. The van der Waals surface area contributed by atoms with Crippen molar-refractivity contribution >= 4 is 33.9 Å². The Morgan fingerprint density at radius 1 is 1.19 bits per heavy atom. The van der Waals surface area contributed by atoms with Crippen LogP contribution in [0.25, 0.3) is 16.8 Å². The summed E-state index contributed by atoms with van der Waals surface area (Å²) in [7, 11) is 0. The average molecular weight is 296 g/mol. The van der Waals surface area contributed by atoms with Gasteiger partial charge in [0.25, 0.3) is 0 Å². The van der Waals surface area contributed by atoms with Gasteiger partial charge in [0, 0.05) is 0 Å². The first-order chi connectivity index (χ1) is 10.2. The van der Waals surface area contributed by atoms with Crippen LogP contribution in [0.5, 0.6) is 0 Å². The molecule has 0 N–H and O–H groups in total. The molecule has 5 nitrogen and oxygen atoms in total. The second-order valence-corrected chi connectivity index (χ2v) is 5.79. The number of hydrogen-bond donors (Lipinski definition) is 0. The summed E-state index contributed by atoms with van der Waals surface area (Å²) in [6.07, 6.45) is 0. The Morgan fingerprint density at radius 2 is 2.00 bits per heavy atom. The van der Waals surface area contributed by atoms with Gasteiger partial charge in [0.15, 0.2) is 5.78 Å². The Kier molecular flexibility index (Phi) is 2.65. The molecule has 104 valence electrons. The molecule has 0 spiro atoms. The van der Waals surface area contributed by atoms with Gasteiger partial charge in [-0.25, -0.2) is 0 Å². The minimum Gasteiger partial charge on any atom is -0.300 e. The first kappa shape index (κ1) is 12.3. The van der Waals surface area contributed by atoms with E-state index in [1.165, 1.54) is 11.3 Å². The highest BCUT2D eigenvalue weighted by atomic mass is 32.1. The van der Waals surface area contributed by atoms with E-state index in [1.807, 2.05) is 53.3 Å². The Morgan fingerprint density at radius 3 is 2.76 bits per heavy atom. The number of aromatic nitrogens is 4. The lowest BCUT2D eigenvalue weighted by atomic mass is 10.3. The van der Waals surface area contributed by atoms with Crippen molar-refractivity contribution in [2.45, 2.75) is 13.5 Å². The lowest BCUT2D eigenvalue weighted by Gasteiger charge is -2.02. The van der Waals surface area contributed by atoms with Crippen LogP contribution < -0.4 is 0 Å². The fraction of sp³-hybridized carbons (Fsp3) is 0.133. The summed E-state index contributed by atoms with van der Waals surface area (Å²) in [6.45, 7) is 2.13. The average Bonchev–Trinajstić information content (AvgIpc) is 3.17. The molecule has 21 heavy (non-hydrogen) atoms. The van der Waals surface area contributed by atoms with Crippen LogP contribution in [0.1, 0.15) is 15.5 Å². The van der Waals surface area contributed by atoms with E-state index in [0.717, 1.165) is 15.9 Å². The van der Waals surface area contributed by atoms with Crippen LogP contribution in [0.4, 0.5) is 0 Å². The maximum atomic E-state index is 12.4. The summed E-state index contributed by atoms with van der Waals surface area (Å²) >= 11 is 1.46. The van der Waals surface area contributed by atoms with Crippen LogP contribution in [0.3, 0.4) is 0 Å². The predicted octanol–water partition coefficient (Wildman–Crippen LogP) is 2.94. The van der Waals surface area contributed by atoms with Crippen molar-refractivity contribution in [3.8, 4) is 0 Å². The Bertz CT molecular complexity index is 949. The van der Waals surface area contributed by atoms with E-state index in [0.29, 0.717) is 11.6 Å². The number of imidazole rings is 1. The number of Topliss-reactive ketones (excluding diaryl/α,β-unsaturated/α-hetero) is 1. The highest BCUT2D eigenvalue weighted by Gasteiger charge is 2.17. The van der Waals surface area contributed by atoms with Gasteiger partial charge in [-0.15, -0.1) is 16.4 Å². The van der Waals surface area contributed by atoms with E-state index in [1.54, 1.807) is 4.52 Å². The second kappa shape index (κ2) is 4.53. The molecule has 1 aromatic carbocycles. The maximum absolute atomic E-state index is 12.4. The van der Waals surface area contributed by atoms with Crippen molar-refractivity contribution in [1.29, 1.82) is 0 Å². The number of para-hydroxylation sites is 2. The van der Waals surface area contributed by atoms with Crippen LogP contribution >= 0.6 is 11.3 Å². The molecule has 3 heterocycles. The number of benzene rings is 1. The first-order valence-corrected chi connectivity index (χ1v) is 7.49. The van der Waals surface area contributed by atoms with E-state index < -0.39 is 0 Å². The van der Waals surface area contributed by atoms with E-state index in [9.17, 15) is 4.79 Å². The van der Waals surface area contributed by atoms with Gasteiger partial charge < -0.3 is 4.57 Å². The number of aryl methyl sites for hydroxylation is 1. The molecule has 0 bridgehead atoms. The zero-order chi connectivity index (χ0) is 14.4. The SMILES string of the molecule is Cc1nc2n(CC(=O)c3cccs3)c3ccccc3n2n1. The Labute approximate surface area is 124 Å². The summed E-state index contributed by atoms with van der Waals surface area (Å²) in [5.74, 6) is 1.50. The van der Waals surface area contributed by atoms with E-state index in [2.05, 4.69) is 10.1 Å². The van der Waals surface area contributed by atoms with Crippen LogP contribution in [-0.2, 0) is 6.54 Å². The molecule has 6 heteroatoms. The van der Waals surface area contributed by atoms with Crippen LogP contribution in [0, 0.1) is 6.92 Å². The molecule has 0 unspecified atom stereocenters. The molecule has 0 fully saturated rings. The van der Waals surface area contributed by atoms with Crippen LogP contribution in [0.15, 0.2) is 41.8 Å². The van der Waals surface area contributed by atoms with Crippen molar-refractivity contribution in [1.82, 2.24) is 19.2 Å². The number of hydrogen-bond acceptors (Lipinski definition) is 4. The third kappa shape index (κ3) is 1.87. The summed E-state index contributed by atoms with van der Waals surface area (Å²) in [5, 5.41) is 6.32. The normalized spacial score (nSPS) is 11.5. The van der Waals surface area contributed by atoms with Gasteiger partial charge >= 0.3 is 0 Å². The van der Waals surface area contributed by atoms with E-state index in [-0.39, 0.29) is 12.3 Å². The molecule has 0 atom stereocenters. The van der Waals surface area contributed by atoms with Crippen molar-refractivity contribution in [2.24, 2.45) is 0 Å². The molecule has 3 aromatic heterocycles. The minimum atomic E-state index is 0.0916. The van der Waals surface area contributed by atoms with Gasteiger partial charge in [-0.3, -0.25) is 4.79 Å². The maximum Gasteiger partial charge on any atom is 0.234 e. The van der Waals surface area contributed by atoms with Gasteiger partial charge in [0.05, 0.1) is 22.5 Å². The van der Waals surface area contributed by atoms with Crippen LogP contribution in [-0.4, -0.2) is 24.9 Å². The van der Waals surface area contributed by atoms with Crippen molar-refractivity contribution in [3.05, 3.63) is 52.5 Å². The van der Waals surface area contributed by atoms with E-state index >= 15 is 0 Å². The summed E-state index contributed by atoms with van der Waals surface area (Å²) in [5.41, 5.74) is 1.93. The van der Waals surface area contributed by atoms with E-state index in [4.69, 9.17) is 0 Å². The lowest BCUT2D eigenvalue weighted by Crippen LogP contribution is -2.09. The zero-order valence-corrected chi connectivity index (χ0v) is 12.2. The quantitative estimate of drug-likeness (QED) is 0.546. The molecular formula is C15H12N4OS. The zero-order valence-electron chi connectivity index (χ0n) is 11.4. The molecule has 4 rings (SSSR count). The minimum absolute atomic E-state index is 0.0916. The summed E-state index contributed by atoms with van der Waals surface area (Å²) < 4.78 is 3.73. The summed E-state index contributed by atoms with van der Waals surface area (Å²) in [6, 6.07) is 11.6. The molecule has 0 saturated heterocycles. The number of nitrogens with zero attached hydrogens (tertiary/aromatic N) is 4. The summed E-state index contributed by atoms with van der Waals surface area (Å²) in [4.78, 5) is 17.6. The Balaban J connectivity index is 1.91. The van der Waals surface area contributed by atoms with Gasteiger partial charge in [-0.1, -0.05) is 18.2 Å². The largest absolute Gasteiger partial charge is 0.300 e. The van der Waals surface area contributed by atoms with Gasteiger partial charge in [-0.05, 0) is 30.5 Å². The second-order valence-electron chi connectivity index (χ2n) is 4.85. The number of carbonyl (C=O) groups is 1. The monoisotopic (exact) mass is 296 g/mol. The van der Waals surface area contributed by atoms with Crippen molar-refractivity contribution < 1.29 is 4.79 Å².